The van der Waals surface area contributed by atoms with Crippen LogP contribution >= 0.6 is 0 Å². The van der Waals surface area contributed by atoms with E-state index >= 15 is 0 Å². The molecule has 2 aromatic carbocycles. The molecule has 0 unspecified atom stereocenters. The van der Waals surface area contributed by atoms with Crippen molar-refractivity contribution in [3.8, 4) is 5.75 Å². The summed E-state index contributed by atoms with van der Waals surface area (Å²) in [4.78, 5) is 22.6. The van der Waals surface area contributed by atoms with Crippen LogP contribution < -0.4 is 4.74 Å². The number of hydrogen-bond donors (Lipinski definition) is 4. The number of rotatable bonds is 6. The van der Waals surface area contributed by atoms with Crippen LogP contribution in [0.4, 0.5) is 5.69 Å². The van der Waals surface area contributed by atoms with Crippen molar-refractivity contribution in [1.29, 1.82) is 0 Å². The monoisotopic (exact) mass is 405 g/mol. The summed E-state index contributed by atoms with van der Waals surface area (Å²) in [6.07, 6.45) is -7.03. The first-order valence-electron chi connectivity index (χ1n) is 8.68. The standard InChI is InChI=1S/C19H19NO9/c21-9-14-16(23)17(24)18(25)19(29-14)28-13-7-3-11(4-8-13)15(22)10-1-5-12(6-2-10)20(26)27/h1-8,14,16-19,21,23-25H,9H2/t14-,16+,17+,18-,19-/m1/s1. The van der Waals surface area contributed by atoms with Crippen molar-refractivity contribution in [1.82, 2.24) is 0 Å². The molecule has 3 rings (SSSR count). The van der Waals surface area contributed by atoms with Gasteiger partial charge in [-0.25, -0.2) is 0 Å². The molecular formula is C19H19NO9. The second kappa shape index (κ2) is 8.64. The molecule has 4 N–H and O–H groups in total. The van der Waals surface area contributed by atoms with E-state index in [0.717, 1.165) is 0 Å². The van der Waals surface area contributed by atoms with Crippen molar-refractivity contribution in [2.24, 2.45) is 0 Å². The molecule has 1 heterocycles. The Kier molecular flexibility index (Phi) is 6.20. The van der Waals surface area contributed by atoms with Crippen molar-refractivity contribution >= 4 is 11.5 Å². The predicted octanol–water partition coefficient (Wildman–Crippen LogP) is 0.00450. The second-order valence-electron chi connectivity index (χ2n) is 6.47. The molecule has 0 aromatic heterocycles. The van der Waals surface area contributed by atoms with Gasteiger partial charge in [-0.2, -0.15) is 0 Å². The van der Waals surface area contributed by atoms with Crippen LogP contribution in [-0.4, -0.2) is 68.4 Å². The number of nitrogens with zero attached hydrogens (tertiary/aromatic N) is 1. The fourth-order valence-electron chi connectivity index (χ4n) is 2.88. The van der Waals surface area contributed by atoms with E-state index in [4.69, 9.17) is 9.47 Å². The highest BCUT2D eigenvalue weighted by molar-refractivity contribution is 6.09. The van der Waals surface area contributed by atoms with E-state index in [1.807, 2.05) is 0 Å². The van der Waals surface area contributed by atoms with Crippen molar-refractivity contribution in [3.05, 3.63) is 69.8 Å². The van der Waals surface area contributed by atoms with Crippen LogP contribution in [0.1, 0.15) is 15.9 Å². The Labute approximate surface area is 164 Å². The van der Waals surface area contributed by atoms with E-state index in [1.165, 1.54) is 48.5 Å². The maximum absolute atomic E-state index is 12.5. The van der Waals surface area contributed by atoms with Gasteiger partial charge in [-0.1, -0.05) is 0 Å². The van der Waals surface area contributed by atoms with Crippen LogP contribution in [0, 0.1) is 10.1 Å². The first-order chi connectivity index (χ1) is 13.8. The van der Waals surface area contributed by atoms with Gasteiger partial charge in [0.15, 0.2) is 5.78 Å². The molecule has 10 nitrogen and oxygen atoms in total. The lowest BCUT2D eigenvalue weighted by Gasteiger charge is -2.39. The van der Waals surface area contributed by atoms with E-state index < -0.39 is 42.2 Å². The molecule has 1 saturated heterocycles. The zero-order valence-electron chi connectivity index (χ0n) is 15.0. The molecule has 0 saturated carbocycles. The Morgan fingerprint density at radius 3 is 2.03 bits per heavy atom. The summed E-state index contributed by atoms with van der Waals surface area (Å²) in [5, 5.41) is 49.4. The van der Waals surface area contributed by atoms with E-state index in [2.05, 4.69) is 0 Å². The van der Waals surface area contributed by atoms with Gasteiger partial charge in [0.1, 0.15) is 30.2 Å². The number of nitro groups is 1. The molecule has 5 atom stereocenters. The fourth-order valence-corrected chi connectivity index (χ4v) is 2.88. The predicted molar refractivity (Wildman–Crippen MR) is 97.4 cm³/mol. The number of aliphatic hydroxyl groups excluding tert-OH is 4. The minimum Gasteiger partial charge on any atom is -0.462 e. The van der Waals surface area contributed by atoms with E-state index in [0.29, 0.717) is 5.56 Å². The van der Waals surface area contributed by atoms with Gasteiger partial charge in [-0.05, 0) is 36.4 Å². The number of hydrogen-bond acceptors (Lipinski definition) is 9. The normalized spacial score (nSPS) is 26.7. The Balaban J connectivity index is 1.69. The lowest BCUT2D eigenvalue weighted by Crippen LogP contribution is -2.60. The highest BCUT2D eigenvalue weighted by atomic mass is 16.7. The average Bonchev–Trinajstić information content (AvgIpc) is 2.74. The quantitative estimate of drug-likeness (QED) is 0.295. The molecular weight excluding hydrogens is 386 g/mol. The topological polar surface area (TPSA) is 160 Å². The van der Waals surface area contributed by atoms with Gasteiger partial charge in [0.2, 0.25) is 6.29 Å². The Morgan fingerprint density at radius 2 is 1.52 bits per heavy atom. The highest BCUT2D eigenvalue weighted by Gasteiger charge is 2.44. The van der Waals surface area contributed by atoms with E-state index in [-0.39, 0.29) is 22.8 Å². The van der Waals surface area contributed by atoms with Gasteiger partial charge in [-0.3, -0.25) is 14.9 Å². The van der Waals surface area contributed by atoms with E-state index in [1.54, 1.807) is 0 Å². The average molecular weight is 405 g/mol. The van der Waals surface area contributed by atoms with Gasteiger partial charge < -0.3 is 29.9 Å². The molecule has 0 bridgehead atoms. The van der Waals surface area contributed by atoms with Gasteiger partial charge in [0.25, 0.3) is 5.69 Å². The first-order valence-corrected chi connectivity index (χ1v) is 8.68. The molecule has 0 radical (unpaired) electrons. The van der Waals surface area contributed by atoms with Crippen LogP contribution in [0.2, 0.25) is 0 Å². The second-order valence-corrected chi connectivity index (χ2v) is 6.47. The molecule has 29 heavy (non-hydrogen) atoms. The smallest absolute Gasteiger partial charge is 0.269 e. The Bertz CT molecular complexity index is 866. The van der Waals surface area contributed by atoms with Gasteiger partial charge in [0.05, 0.1) is 11.5 Å². The zero-order valence-corrected chi connectivity index (χ0v) is 15.0. The third-order valence-electron chi connectivity index (χ3n) is 4.56. The van der Waals surface area contributed by atoms with Crippen molar-refractivity contribution < 1.29 is 39.6 Å². The summed E-state index contributed by atoms with van der Waals surface area (Å²) in [5.74, 6) is -0.131. The van der Waals surface area contributed by atoms with Gasteiger partial charge in [0, 0.05) is 23.3 Å². The molecule has 2 aromatic rings. The van der Waals surface area contributed by atoms with Crippen molar-refractivity contribution in [2.75, 3.05) is 6.61 Å². The Hall–Kier alpha value is -2.89. The molecule has 1 aliphatic rings. The molecule has 1 fully saturated rings. The van der Waals surface area contributed by atoms with Crippen LogP contribution in [0.3, 0.4) is 0 Å². The third kappa shape index (κ3) is 4.42. The number of nitro benzene ring substituents is 1. The number of aliphatic hydroxyl groups is 4. The number of carbonyl (C=O) groups is 1. The number of ether oxygens (including phenoxy) is 2. The summed E-state index contributed by atoms with van der Waals surface area (Å²) in [7, 11) is 0. The summed E-state index contributed by atoms with van der Waals surface area (Å²) in [6, 6.07) is 11.0. The lowest BCUT2D eigenvalue weighted by molar-refractivity contribution is -0.384. The van der Waals surface area contributed by atoms with Gasteiger partial charge in [-0.15, -0.1) is 0 Å². The molecule has 0 amide bonds. The summed E-state index contributed by atoms with van der Waals surface area (Å²) >= 11 is 0. The molecule has 154 valence electrons. The number of benzene rings is 2. The Morgan fingerprint density at radius 1 is 0.966 bits per heavy atom. The molecule has 0 spiro atoms. The van der Waals surface area contributed by atoms with Gasteiger partial charge >= 0.3 is 0 Å². The van der Waals surface area contributed by atoms with Crippen molar-refractivity contribution in [3.63, 3.8) is 0 Å². The highest BCUT2D eigenvalue weighted by Crippen LogP contribution is 2.25. The largest absolute Gasteiger partial charge is 0.462 e. The fraction of sp³-hybridized carbons (Fsp3) is 0.316. The number of ketones is 1. The maximum atomic E-state index is 12.5. The molecule has 0 aliphatic carbocycles. The number of non-ortho nitro benzene ring substituents is 1. The van der Waals surface area contributed by atoms with Crippen LogP contribution in [-0.2, 0) is 4.74 Å². The lowest BCUT2D eigenvalue weighted by atomic mass is 9.99. The minimum atomic E-state index is -1.56. The van der Waals surface area contributed by atoms with E-state index in [9.17, 15) is 35.3 Å². The molecule has 1 aliphatic heterocycles. The maximum Gasteiger partial charge on any atom is 0.269 e. The third-order valence-corrected chi connectivity index (χ3v) is 4.56. The van der Waals surface area contributed by atoms with Crippen LogP contribution in [0.15, 0.2) is 48.5 Å². The van der Waals surface area contributed by atoms with Crippen molar-refractivity contribution in [2.45, 2.75) is 30.7 Å². The summed E-state index contributed by atoms with van der Waals surface area (Å²) in [5.41, 5.74) is 0.461. The minimum absolute atomic E-state index is 0.121. The summed E-state index contributed by atoms with van der Waals surface area (Å²) in [6.45, 7) is -0.576. The first kappa shape index (κ1) is 20.8. The molecule has 10 heteroatoms. The van der Waals surface area contributed by atoms with Crippen LogP contribution in [0.25, 0.3) is 0 Å². The van der Waals surface area contributed by atoms with Crippen LogP contribution in [0.5, 0.6) is 5.75 Å². The number of carbonyl (C=O) groups excluding carboxylic acids is 1. The SMILES string of the molecule is O=C(c1ccc(O[C@@H]2O[C@H](CO)[C@H](O)[C@H](O)[C@H]2O)cc1)c1ccc([N+](=O)[O-])cc1. The zero-order chi connectivity index (χ0) is 21.1. The summed E-state index contributed by atoms with van der Waals surface area (Å²) < 4.78 is 10.7.